The van der Waals surface area contributed by atoms with Gasteiger partial charge in [-0.05, 0) is 31.0 Å². The summed E-state index contributed by atoms with van der Waals surface area (Å²) in [7, 11) is 0. The maximum Gasteiger partial charge on any atom is 0.187 e. The van der Waals surface area contributed by atoms with Crippen LogP contribution in [0.2, 0.25) is 0 Å². The van der Waals surface area contributed by atoms with Crippen molar-refractivity contribution in [1.29, 1.82) is 0 Å². The summed E-state index contributed by atoms with van der Waals surface area (Å²) in [5.41, 5.74) is 5.87. The zero-order valence-corrected chi connectivity index (χ0v) is 13.1. The predicted molar refractivity (Wildman–Crippen MR) is 91.4 cm³/mol. The average molecular weight is 294 g/mol. The number of nitrogens with one attached hydrogen (secondary N) is 1. The number of hydrogen-bond acceptors (Lipinski definition) is 3. The quantitative estimate of drug-likeness (QED) is 0.694. The smallest absolute Gasteiger partial charge is 0.187 e. The molecule has 0 saturated carbocycles. The third kappa shape index (κ3) is 3.31. The number of anilines is 2. The van der Waals surface area contributed by atoms with Crippen molar-refractivity contribution in [3.8, 4) is 11.3 Å². The first-order chi connectivity index (χ1) is 10.2. The highest BCUT2D eigenvalue weighted by Gasteiger charge is 2.04. The van der Waals surface area contributed by atoms with E-state index in [1.165, 1.54) is 11.1 Å². The zero-order chi connectivity index (χ0) is 14.7. The minimum Gasteiger partial charge on any atom is -0.332 e. The largest absolute Gasteiger partial charge is 0.332 e. The van der Waals surface area contributed by atoms with Crippen LogP contribution in [-0.2, 0) is 6.42 Å². The normalized spacial score (nSPS) is 10.6. The van der Waals surface area contributed by atoms with Crippen molar-refractivity contribution in [2.24, 2.45) is 0 Å². The van der Waals surface area contributed by atoms with Gasteiger partial charge in [0.2, 0.25) is 0 Å². The summed E-state index contributed by atoms with van der Waals surface area (Å²) < 4.78 is 0. The lowest BCUT2D eigenvalue weighted by atomic mass is 10.1. The van der Waals surface area contributed by atoms with Crippen LogP contribution in [0, 0.1) is 6.92 Å². The van der Waals surface area contributed by atoms with Gasteiger partial charge in [0.05, 0.1) is 5.69 Å². The Kier molecular flexibility index (Phi) is 4.02. The summed E-state index contributed by atoms with van der Waals surface area (Å²) >= 11 is 1.63. The minimum absolute atomic E-state index is 0.926. The molecule has 0 atom stereocenters. The molecule has 0 aliphatic carbocycles. The van der Waals surface area contributed by atoms with Crippen LogP contribution in [0.15, 0.2) is 53.9 Å². The summed E-state index contributed by atoms with van der Waals surface area (Å²) in [4.78, 5) is 4.66. The van der Waals surface area contributed by atoms with Gasteiger partial charge in [-0.15, -0.1) is 11.3 Å². The maximum atomic E-state index is 4.66. The van der Waals surface area contributed by atoms with Gasteiger partial charge in [0, 0.05) is 16.6 Å². The Morgan fingerprint density at radius 3 is 2.38 bits per heavy atom. The van der Waals surface area contributed by atoms with E-state index in [0.717, 1.165) is 28.5 Å². The van der Waals surface area contributed by atoms with E-state index in [0.29, 0.717) is 0 Å². The van der Waals surface area contributed by atoms with Gasteiger partial charge in [0.15, 0.2) is 5.13 Å². The molecule has 1 N–H and O–H groups in total. The van der Waals surface area contributed by atoms with Gasteiger partial charge in [-0.3, -0.25) is 0 Å². The van der Waals surface area contributed by atoms with E-state index < -0.39 is 0 Å². The third-order valence-corrected chi connectivity index (χ3v) is 4.22. The number of benzene rings is 2. The van der Waals surface area contributed by atoms with Crippen molar-refractivity contribution in [2.45, 2.75) is 20.3 Å². The van der Waals surface area contributed by atoms with Gasteiger partial charge in [0.25, 0.3) is 0 Å². The molecule has 3 heteroatoms. The Morgan fingerprint density at radius 1 is 1.00 bits per heavy atom. The van der Waals surface area contributed by atoms with Crippen LogP contribution in [0.3, 0.4) is 0 Å². The van der Waals surface area contributed by atoms with Crippen molar-refractivity contribution in [1.82, 2.24) is 4.98 Å². The second-order valence-electron chi connectivity index (χ2n) is 5.08. The molecule has 0 spiro atoms. The molecule has 0 bridgehead atoms. The lowest BCUT2D eigenvalue weighted by molar-refractivity contribution is 1.14. The monoisotopic (exact) mass is 294 g/mol. The van der Waals surface area contributed by atoms with Crippen molar-refractivity contribution in [2.75, 3.05) is 5.32 Å². The van der Waals surface area contributed by atoms with E-state index in [9.17, 15) is 0 Å². The molecule has 1 aromatic heterocycles. The molecule has 3 rings (SSSR count). The predicted octanol–water partition coefficient (Wildman–Crippen LogP) is 5.42. The maximum absolute atomic E-state index is 4.66. The van der Waals surface area contributed by atoms with Gasteiger partial charge < -0.3 is 5.32 Å². The van der Waals surface area contributed by atoms with E-state index in [2.05, 4.69) is 78.1 Å². The Hall–Kier alpha value is -2.13. The number of aryl methyl sites for hydroxylation is 2. The molecular weight excluding hydrogens is 276 g/mol. The number of rotatable bonds is 4. The van der Waals surface area contributed by atoms with Gasteiger partial charge in [0.1, 0.15) is 0 Å². The first kappa shape index (κ1) is 13.8. The van der Waals surface area contributed by atoms with Crippen LogP contribution < -0.4 is 5.32 Å². The molecule has 2 aromatic carbocycles. The number of nitrogens with zero attached hydrogens (tertiary/aromatic N) is 1. The fraction of sp³-hybridized carbons (Fsp3) is 0.167. The zero-order valence-electron chi connectivity index (χ0n) is 12.3. The molecule has 21 heavy (non-hydrogen) atoms. The highest BCUT2D eigenvalue weighted by atomic mass is 32.1. The van der Waals surface area contributed by atoms with Crippen LogP contribution in [0.4, 0.5) is 10.8 Å². The van der Waals surface area contributed by atoms with Crippen LogP contribution >= 0.6 is 11.3 Å². The number of aromatic nitrogens is 1. The summed E-state index contributed by atoms with van der Waals surface area (Å²) in [5, 5.41) is 6.38. The molecule has 0 aliphatic heterocycles. The Morgan fingerprint density at radius 2 is 1.71 bits per heavy atom. The second-order valence-corrected chi connectivity index (χ2v) is 5.94. The SMILES string of the molecule is CCc1ccc(Nc2nc(-c3ccc(C)cc3)cs2)cc1. The first-order valence-corrected chi connectivity index (χ1v) is 8.01. The Balaban J connectivity index is 1.76. The topological polar surface area (TPSA) is 24.9 Å². The summed E-state index contributed by atoms with van der Waals surface area (Å²) in [5.74, 6) is 0. The molecule has 0 aliphatic rings. The fourth-order valence-corrected chi connectivity index (χ4v) is 2.88. The lowest BCUT2D eigenvalue weighted by Gasteiger charge is -2.03. The third-order valence-electron chi connectivity index (χ3n) is 3.46. The molecule has 0 amide bonds. The lowest BCUT2D eigenvalue weighted by Crippen LogP contribution is -1.90. The van der Waals surface area contributed by atoms with Crippen LogP contribution in [0.25, 0.3) is 11.3 Å². The summed E-state index contributed by atoms with van der Waals surface area (Å²) in [6, 6.07) is 17.0. The molecule has 0 unspecified atom stereocenters. The summed E-state index contributed by atoms with van der Waals surface area (Å²) in [6.07, 6.45) is 1.06. The van der Waals surface area contributed by atoms with Crippen molar-refractivity contribution in [3.05, 3.63) is 65.0 Å². The van der Waals surface area contributed by atoms with E-state index >= 15 is 0 Å². The van der Waals surface area contributed by atoms with Crippen LogP contribution in [0.1, 0.15) is 18.1 Å². The molecular formula is C18H18N2S. The van der Waals surface area contributed by atoms with Crippen molar-refractivity contribution >= 4 is 22.2 Å². The molecule has 106 valence electrons. The molecule has 0 saturated heterocycles. The number of thiazole rings is 1. The van der Waals surface area contributed by atoms with Crippen molar-refractivity contribution < 1.29 is 0 Å². The van der Waals surface area contributed by atoms with E-state index in [-0.39, 0.29) is 0 Å². The highest BCUT2D eigenvalue weighted by molar-refractivity contribution is 7.14. The highest BCUT2D eigenvalue weighted by Crippen LogP contribution is 2.27. The minimum atomic E-state index is 0.926. The molecule has 2 nitrogen and oxygen atoms in total. The van der Waals surface area contributed by atoms with Gasteiger partial charge in [-0.2, -0.15) is 0 Å². The fourth-order valence-electron chi connectivity index (χ4n) is 2.14. The summed E-state index contributed by atoms with van der Waals surface area (Å²) in [6.45, 7) is 4.26. The molecule has 0 fully saturated rings. The molecule has 3 aromatic rings. The van der Waals surface area contributed by atoms with Crippen LogP contribution in [-0.4, -0.2) is 4.98 Å². The van der Waals surface area contributed by atoms with E-state index in [1.807, 2.05) is 0 Å². The molecule has 0 radical (unpaired) electrons. The van der Waals surface area contributed by atoms with Gasteiger partial charge >= 0.3 is 0 Å². The average Bonchev–Trinajstić information content (AvgIpc) is 2.97. The Bertz CT molecular complexity index is 712. The second kappa shape index (κ2) is 6.10. The standard InChI is InChI=1S/C18H18N2S/c1-3-14-6-10-16(11-7-14)19-18-20-17(12-21-18)15-8-4-13(2)5-9-15/h4-12H,3H2,1-2H3,(H,19,20). The Labute approximate surface area is 129 Å². The van der Waals surface area contributed by atoms with Gasteiger partial charge in [-0.1, -0.05) is 48.9 Å². The van der Waals surface area contributed by atoms with Gasteiger partial charge in [-0.25, -0.2) is 4.98 Å². The van der Waals surface area contributed by atoms with Crippen molar-refractivity contribution in [3.63, 3.8) is 0 Å². The van der Waals surface area contributed by atoms with E-state index in [1.54, 1.807) is 11.3 Å². The van der Waals surface area contributed by atoms with Crippen LogP contribution in [0.5, 0.6) is 0 Å². The first-order valence-electron chi connectivity index (χ1n) is 7.13. The number of hydrogen-bond donors (Lipinski definition) is 1. The molecule has 1 heterocycles. The van der Waals surface area contributed by atoms with E-state index in [4.69, 9.17) is 0 Å².